The quantitative estimate of drug-likeness (QED) is 0.185. The van der Waals surface area contributed by atoms with E-state index < -0.39 is 17.8 Å². The molecule has 5 rings (SSSR count). The van der Waals surface area contributed by atoms with Crippen molar-refractivity contribution in [2.75, 3.05) is 11.5 Å². The van der Waals surface area contributed by atoms with Crippen LogP contribution in [0.25, 0.3) is 16.8 Å². The number of rotatable bonds is 8. The zero-order valence-corrected chi connectivity index (χ0v) is 22.7. The maximum atomic E-state index is 13.4. The van der Waals surface area contributed by atoms with E-state index in [1.807, 2.05) is 55.5 Å². The lowest BCUT2D eigenvalue weighted by molar-refractivity contribution is -0.122. The first-order valence-electron chi connectivity index (χ1n) is 12.5. The minimum atomic E-state index is -0.814. The van der Waals surface area contributed by atoms with Gasteiger partial charge in [-0.1, -0.05) is 65.3 Å². The maximum Gasteiger partial charge on any atom is 0.335 e. The van der Waals surface area contributed by atoms with Crippen molar-refractivity contribution in [1.82, 2.24) is 5.32 Å². The number of ether oxygens (including phenoxy) is 2. The molecule has 1 heterocycles. The average molecular weight is 585 g/mol. The van der Waals surface area contributed by atoms with Crippen molar-refractivity contribution in [1.29, 1.82) is 0 Å². The van der Waals surface area contributed by atoms with Gasteiger partial charge in [-0.25, -0.2) is 9.69 Å². The number of hydrogen-bond donors (Lipinski definition) is 1. The van der Waals surface area contributed by atoms with E-state index in [9.17, 15) is 14.4 Å². The number of amides is 4. The zero-order chi connectivity index (χ0) is 27.4. The van der Waals surface area contributed by atoms with Crippen LogP contribution in [0.4, 0.5) is 10.5 Å². The van der Waals surface area contributed by atoms with E-state index in [4.69, 9.17) is 9.47 Å². The summed E-state index contributed by atoms with van der Waals surface area (Å²) in [6.07, 6.45) is 2.30. The molecule has 1 aliphatic heterocycles. The van der Waals surface area contributed by atoms with Crippen LogP contribution in [0.2, 0.25) is 0 Å². The molecular formula is C31H25BrN2O5. The monoisotopic (exact) mass is 584 g/mol. The highest BCUT2D eigenvalue weighted by molar-refractivity contribution is 9.10. The summed E-state index contributed by atoms with van der Waals surface area (Å²) in [5.41, 5.74) is 1.65. The van der Waals surface area contributed by atoms with Crippen molar-refractivity contribution in [3.63, 3.8) is 0 Å². The molecule has 0 spiro atoms. The zero-order valence-electron chi connectivity index (χ0n) is 21.1. The number of anilines is 1. The summed E-state index contributed by atoms with van der Waals surface area (Å²) in [5, 5.41) is 4.45. The second-order valence-corrected chi connectivity index (χ2v) is 9.82. The van der Waals surface area contributed by atoms with E-state index in [1.54, 1.807) is 36.4 Å². The lowest BCUT2D eigenvalue weighted by Gasteiger charge is -2.26. The predicted octanol–water partition coefficient (Wildman–Crippen LogP) is 6.64. The minimum Gasteiger partial charge on any atom is -0.494 e. The largest absolute Gasteiger partial charge is 0.494 e. The first-order chi connectivity index (χ1) is 18.9. The summed E-state index contributed by atoms with van der Waals surface area (Å²) in [4.78, 5) is 39.8. The third-order valence-electron chi connectivity index (χ3n) is 6.20. The van der Waals surface area contributed by atoms with Gasteiger partial charge in [-0.3, -0.25) is 14.9 Å². The smallest absolute Gasteiger partial charge is 0.335 e. The third-order valence-corrected chi connectivity index (χ3v) is 6.70. The van der Waals surface area contributed by atoms with Crippen molar-refractivity contribution >= 4 is 56.3 Å². The minimum absolute atomic E-state index is 0.186. The number of hydrogen-bond acceptors (Lipinski definition) is 5. The normalized spacial score (nSPS) is 14.6. The Morgan fingerprint density at radius 1 is 0.897 bits per heavy atom. The molecule has 0 aromatic heterocycles. The van der Waals surface area contributed by atoms with Crippen LogP contribution in [-0.4, -0.2) is 24.5 Å². The summed E-state index contributed by atoms with van der Waals surface area (Å²) >= 11 is 3.46. The van der Waals surface area contributed by atoms with Crippen LogP contribution in [0.15, 0.2) is 95.0 Å². The molecule has 0 aliphatic carbocycles. The molecule has 0 bridgehead atoms. The molecule has 4 amide bonds. The Bertz CT molecular complexity index is 1590. The number of fused-ring (bicyclic) bond motifs is 1. The van der Waals surface area contributed by atoms with Crippen LogP contribution in [0.3, 0.4) is 0 Å². The van der Waals surface area contributed by atoms with Gasteiger partial charge >= 0.3 is 6.03 Å². The molecule has 39 heavy (non-hydrogen) atoms. The first-order valence-corrected chi connectivity index (χ1v) is 13.3. The molecule has 4 aromatic carbocycles. The lowest BCUT2D eigenvalue weighted by Crippen LogP contribution is -2.54. The van der Waals surface area contributed by atoms with E-state index in [0.29, 0.717) is 29.4 Å². The van der Waals surface area contributed by atoms with Gasteiger partial charge in [-0.2, -0.15) is 0 Å². The standard InChI is InChI=1S/C31H25BrN2O5/c1-2-16-38-25-13-11-24(12-14-25)34-30(36)27(29(35)33-31(34)37)18-22-17-23(32)10-15-28(22)39-19-21-8-5-7-20-6-3-4-9-26(20)21/h3-15,17-18H,2,16,19H2,1H3,(H,33,35,37)/b27-18-. The van der Waals surface area contributed by atoms with Crippen LogP contribution in [0, 0.1) is 0 Å². The number of benzene rings is 4. The molecule has 1 fully saturated rings. The van der Waals surface area contributed by atoms with Gasteiger partial charge in [0.05, 0.1) is 12.3 Å². The summed E-state index contributed by atoms with van der Waals surface area (Å²) in [5.74, 6) is -0.394. The number of nitrogens with zero attached hydrogens (tertiary/aromatic N) is 1. The van der Waals surface area contributed by atoms with Gasteiger partial charge < -0.3 is 9.47 Å². The lowest BCUT2D eigenvalue weighted by atomic mass is 10.0. The molecule has 196 valence electrons. The summed E-state index contributed by atoms with van der Waals surface area (Å²) in [6.45, 7) is 2.85. The van der Waals surface area contributed by atoms with E-state index in [-0.39, 0.29) is 12.2 Å². The molecule has 1 N–H and O–H groups in total. The van der Waals surface area contributed by atoms with Gasteiger partial charge in [-0.05, 0) is 71.3 Å². The topological polar surface area (TPSA) is 84.9 Å². The average Bonchev–Trinajstić information content (AvgIpc) is 2.94. The van der Waals surface area contributed by atoms with E-state index in [0.717, 1.165) is 32.1 Å². The fourth-order valence-corrected chi connectivity index (χ4v) is 4.68. The van der Waals surface area contributed by atoms with Crippen molar-refractivity contribution in [2.24, 2.45) is 0 Å². The van der Waals surface area contributed by atoms with Gasteiger partial charge in [0.1, 0.15) is 23.7 Å². The molecule has 7 nitrogen and oxygen atoms in total. The van der Waals surface area contributed by atoms with Gasteiger partial charge in [0.15, 0.2) is 0 Å². The molecule has 8 heteroatoms. The SMILES string of the molecule is CCCOc1ccc(N2C(=O)NC(=O)/C(=C/c3cc(Br)ccc3OCc3cccc4ccccc34)C2=O)cc1. The maximum absolute atomic E-state index is 13.4. The van der Waals surface area contributed by atoms with Crippen molar-refractivity contribution in [3.8, 4) is 11.5 Å². The molecule has 0 radical (unpaired) electrons. The summed E-state index contributed by atoms with van der Waals surface area (Å²) in [6, 6.07) is 25.2. The van der Waals surface area contributed by atoms with Gasteiger partial charge in [0.25, 0.3) is 11.8 Å². The summed E-state index contributed by atoms with van der Waals surface area (Å²) in [7, 11) is 0. The number of nitrogens with one attached hydrogen (secondary N) is 1. The number of imide groups is 2. The Hall–Kier alpha value is -4.43. The second-order valence-electron chi connectivity index (χ2n) is 8.91. The summed E-state index contributed by atoms with van der Waals surface area (Å²) < 4.78 is 12.5. The number of carbonyl (C=O) groups is 3. The molecule has 1 saturated heterocycles. The Kier molecular flexibility index (Phi) is 7.74. The Morgan fingerprint density at radius 2 is 1.67 bits per heavy atom. The fourth-order valence-electron chi connectivity index (χ4n) is 4.30. The molecule has 4 aromatic rings. The third kappa shape index (κ3) is 5.71. The fraction of sp³-hybridized carbons (Fsp3) is 0.129. The molecule has 0 atom stereocenters. The molecular weight excluding hydrogens is 560 g/mol. The van der Waals surface area contributed by atoms with Gasteiger partial charge in [0, 0.05) is 10.0 Å². The van der Waals surface area contributed by atoms with E-state index in [2.05, 4.69) is 21.2 Å². The Morgan fingerprint density at radius 3 is 2.46 bits per heavy atom. The van der Waals surface area contributed by atoms with Gasteiger partial charge in [-0.15, -0.1) is 0 Å². The number of urea groups is 1. The van der Waals surface area contributed by atoms with Gasteiger partial charge in [0.2, 0.25) is 0 Å². The van der Waals surface area contributed by atoms with E-state index in [1.165, 1.54) is 6.08 Å². The van der Waals surface area contributed by atoms with Crippen LogP contribution in [0.1, 0.15) is 24.5 Å². The van der Waals surface area contributed by atoms with Crippen LogP contribution < -0.4 is 19.7 Å². The van der Waals surface area contributed by atoms with Crippen LogP contribution in [-0.2, 0) is 16.2 Å². The predicted molar refractivity (Wildman–Crippen MR) is 154 cm³/mol. The van der Waals surface area contributed by atoms with Crippen molar-refractivity contribution < 1.29 is 23.9 Å². The highest BCUT2D eigenvalue weighted by Crippen LogP contribution is 2.30. The number of halogens is 1. The van der Waals surface area contributed by atoms with Crippen molar-refractivity contribution in [3.05, 3.63) is 106 Å². The Balaban J connectivity index is 1.43. The number of carbonyl (C=O) groups excluding carboxylic acids is 3. The Labute approximate surface area is 234 Å². The van der Waals surface area contributed by atoms with Crippen LogP contribution >= 0.6 is 15.9 Å². The number of barbiturate groups is 1. The second kappa shape index (κ2) is 11.5. The first kappa shape index (κ1) is 26.2. The molecule has 1 aliphatic rings. The van der Waals surface area contributed by atoms with E-state index >= 15 is 0 Å². The van der Waals surface area contributed by atoms with Crippen molar-refractivity contribution in [2.45, 2.75) is 20.0 Å². The van der Waals surface area contributed by atoms with Crippen LogP contribution in [0.5, 0.6) is 11.5 Å². The molecule has 0 saturated carbocycles. The highest BCUT2D eigenvalue weighted by Gasteiger charge is 2.37. The molecule has 0 unspecified atom stereocenters. The highest BCUT2D eigenvalue weighted by atomic mass is 79.9.